The second-order valence-corrected chi connectivity index (χ2v) is 7.27. The van der Waals surface area contributed by atoms with Crippen LogP contribution in [0.25, 0.3) is 0 Å². The number of hydrogen-bond acceptors (Lipinski definition) is 4. The van der Waals surface area contributed by atoms with Gasteiger partial charge in [-0.25, -0.2) is 0 Å². The number of hydrogen-bond donors (Lipinski definition) is 2. The van der Waals surface area contributed by atoms with E-state index in [4.69, 9.17) is 46.4 Å². The first-order valence-electron chi connectivity index (χ1n) is 8.70. The molecule has 2 N–H and O–H groups in total. The van der Waals surface area contributed by atoms with Gasteiger partial charge in [0, 0.05) is 62.8 Å². The van der Waals surface area contributed by atoms with E-state index in [1.165, 1.54) is 0 Å². The molecule has 0 spiro atoms. The molecule has 2 amide bonds. The molecule has 0 heterocycles. The van der Waals surface area contributed by atoms with Gasteiger partial charge in [-0.2, -0.15) is 0 Å². The average Bonchev–Trinajstić information content (AvgIpc) is 2.63. The van der Waals surface area contributed by atoms with Crippen LogP contribution in [-0.4, -0.2) is 96.5 Å². The largest absolute Gasteiger partial charge is 0.353 e. The lowest BCUT2D eigenvalue weighted by molar-refractivity contribution is -0.127. The van der Waals surface area contributed by atoms with Crippen LogP contribution in [0.2, 0.25) is 0 Å². The number of halogens is 4. The number of nitrogens with zero attached hydrogens (tertiary/aromatic N) is 2. The van der Waals surface area contributed by atoms with Gasteiger partial charge in [-0.05, 0) is 13.8 Å². The Kier molecular flexibility index (Phi) is 16.0. The third kappa shape index (κ3) is 10.4. The van der Waals surface area contributed by atoms with Crippen LogP contribution < -0.4 is 10.6 Å². The minimum atomic E-state index is -0.329. The lowest BCUT2D eigenvalue weighted by Gasteiger charge is -2.27. The van der Waals surface area contributed by atoms with E-state index < -0.39 is 0 Å². The van der Waals surface area contributed by atoms with Crippen molar-refractivity contribution in [1.29, 1.82) is 0 Å². The summed E-state index contributed by atoms with van der Waals surface area (Å²) in [5, 5.41) is 5.63. The predicted molar refractivity (Wildman–Crippen MR) is 111 cm³/mol. The highest BCUT2D eigenvalue weighted by Gasteiger charge is 2.21. The molecule has 2 atom stereocenters. The molecule has 0 bridgehead atoms. The summed E-state index contributed by atoms with van der Waals surface area (Å²) in [5.74, 6) is 1.50. The first-order chi connectivity index (χ1) is 12.4. The van der Waals surface area contributed by atoms with Gasteiger partial charge in [0.25, 0.3) is 0 Å². The van der Waals surface area contributed by atoms with Crippen molar-refractivity contribution in [3.8, 4) is 0 Å². The molecular formula is C16H30Cl4N4O2. The Hall–Kier alpha value is 0.0200. The van der Waals surface area contributed by atoms with E-state index in [1.807, 2.05) is 23.6 Å². The van der Waals surface area contributed by atoms with E-state index in [0.29, 0.717) is 62.8 Å². The molecule has 2 unspecified atom stereocenters. The first-order valence-corrected chi connectivity index (χ1v) is 10.8. The van der Waals surface area contributed by atoms with Crippen molar-refractivity contribution in [2.24, 2.45) is 0 Å². The number of carbonyl (C=O) groups excluding carboxylic acids is 2. The van der Waals surface area contributed by atoms with Gasteiger partial charge >= 0.3 is 0 Å². The zero-order valence-corrected chi connectivity index (χ0v) is 18.5. The van der Waals surface area contributed by atoms with E-state index in [-0.39, 0.29) is 23.9 Å². The maximum absolute atomic E-state index is 12.2. The van der Waals surface area contributed by atoms with Gasteiger partial charge < -0.3 is 10.6 Å². The molecule has 0 fully saturated rings. The highest BCUT2D eigenvalue weighted by Crippen LogP contribution is 2.02. The minimum absolute atomic E-state index is 0.117. The zero-order valence-electron chi connectivity index (χ0n) is 15.4. The van der Waals surface area contributed by atoms with E-state index in [0.717, 1.165) is 0 Å². The van der Waals surface area contributed by atoms with Gasteiger partial charge in [0.1, 0.15) is 0 Å². The van der Waals surface area contributed by atoms with Crippen molar-refractivity contribution in [2.45, 2.75) is 25.9 Å². The Bertz CT molecular complexity index is 356. The van der Waals surface area contributed by atoms with Crippen molar-refractivity contribution in [2.75, 3.05) is 62.8 Å². The van der Waals surface area contributed by atoms with Gasteiger partial charge in [-0.3, -0.25) is 19.4 Å². The smallest absolute Gasteiger partial charge is 0.237 e. The zero-order chi connectivity index (χ0) is 19.9. The molecular weight excluding hydrogens is 422 g/mol. The fourth-order valence-corrected chi connectivity index (χ4v) is 3.30. The molecule has 0 aromatic heterocycles. The monoisotopic (exact) mass is 450 g/mol. The van der Waals surface area contributed by atoms with E-state index in [1.54, 1.807) is 0 Å². The quantitative estimate of drug-likeness (QED) is 0.293. The van der Waals surface area contributed by atoms with E-state index in [9.17, 15) is 9.59 Å². The second-order valence-electron chi connectivity index (χ2n) is 5.76. The molecule has 0 aliphatic rings. The van der Waals surface area contributed by atoms with E-state index >= 15 is 0 Å². The van der Waals surface area contributed by atoms with Gasteiger partial charge in [0.15, 0.2) is 0 Å². The van der Waals surface area contributed by atoms with Gasteiger partial charge in [0.05, 0.1) is 12.1 Å². The third-order valence-electron chi connectivity index (χ3n) is 4.06. The van der Waals surface area contributed by atoms with Crippen LogP contribution in [0.15, 0.2) is 0 Å². The SMILES string of the molecule is CC(C(=O)NCCNC(=O)C(C)N(CCCl)CCCl)N(CCCl)CCCl. The highest BCUT2D eigenvalue weighted by molar-refractivity contribution is 6.18. The summed E-state index contributed by atoms with van der Waals surface area (Å²) in [5.41, 5.74) is 0. The molecule has 0 rings (SSSR count). The fourth-order valence-electron chi connectivity index (χ4n) is 2.43. The van der Waals surface area contributed by atoms with Crippen LogP contribution in [-0.2, 0) is 9.59 Å². The normalized spacial score (nSPS) is 13.7. The molecule has 6 nitrogen and oxygen atoms in total. The van der Waals surface area contributed by atoms with Crippen molar-refractivity contribution >= 4 is 58.2 Å². The Labute approximate surface area is 176 Å². The molecule has 0 aliphatic carbocycles. The van der Waals surface area contributed by atoms with Crippen LogP contribution >= 0.6 is 46.4 Å². The lowest BCUT2D eigenvalue weighted by atomic mass is 10.2. The van der Waals surface area contributed by atoms with Crippen LogP contribution in [0.4, 0.5) is 0 Å². The topological polar surface area (TPSA) is 64.7 Å². The lowest BCUT2D eigenvalue weighted by Crippen LogP contribution is -2.50. The number of amides is 2. The molecule has 26 heavy (non-hydrogen) atoms. The van der Waals surface area contributed by atoms with Gasteiger partial charge in [0.2, 0.25) is 11.8 Å². The molecule has 0 saturated heterocycles. The minimum Gasteiger partial charge on any atom is -0.353 e. The molecule has 0 saturated carbocycles. The van der Waals surface area contributed by atoms with Gasteiger partial charge in [-0.1, -0.05) is 0 Å². The number of carbonyl (C=O) groups is 2. The van der Waals surface area contributed by atoms with Crippen molar-refractivity contribution < 1.29 is 9.59 Å². The maximum Gasteiger partial charge on any atom is 0.237 e. The van der Waals surface area contributed by atoms with Gasteiger partial charge in [-0.15, -0.1) is 46.4 Å². The Morgan fingerprint density at radius 2 is 0.962 bits per heavy atom. The third-order valence-corrected chi connectivity index (χ3v) is 4.74. The van der Waals surface area contributed by atoms with Crippen LogP contribution in [0, 0.1) is 0 Å². The van der Waals surface area contributed by atoms with E-state index in [2.05, 4.69) is 10.6 Å². The summed E-state index contributed by atoms with van der Waals surface area (Å²) in [6.07, 6.45) is 0. The standard InChI is InChI=1S/C16H30Cl4N4O2/c1-13(23(9-3-17)10-4-18)15(25)21-7-8-22-16(26)14(2)24(11-5-19)12-6-20/h13-14H,3-12H2,1-2H3,(H,21,25)(H,22,26). The summed E-state index contributed by atoms with van der Waals surface area (Å²) in [6, 6.07) is -0.657. The summed E-state index contributed by atoms with van der Waals surface area (Å²) in [6.45, 7) is 6.69. The first kappa shape index (κ1) is 26.0. The summed E-state index contributed by atoms with van der Waals surface area (Å²) in [7, 11) is 0. The molecule has 10 heteroatoms. The predicted octanol–water partition coefficient (Wildman–Crippen LogP) is 1.55. The second kappa shape index (κ2) is 16.0. The Balaban J connectivity index is 4.26. The van der Waals surface area contributed by atoms with Crippen molar-refractivity contribution in [3.63, 3.8) is 0 Å². The average molecular weight is 452 g/mol. The molecule has 0 aliphatic heterocycles. The summed E-state index contributed by atoms with van der Waals surface area (Å²) < 4.78 is 0. The Morgan fingerprint density at radius 1 is 0.692 bits per heavy atom. The molecule has 0 aromatic rings. The van der Waals surface area contributed by atoms with Crippen LogP contribution in [0.3, 0.4) is 0 Å². The van der Waals surface area contributed by atoms with Crippen LogP contribution in [0.5, 0.6) is 0 Å². The number of rotatable bonds is 15. The Morgan fingerprint density at radius 3 is 1.19 bits per heavy atom. The molecule has 0 aromatic carbocycles. The fraction of sp³-hybridized carbons (Fsp3) is 0.875. The number of alkyl halides is 4. The maximum atomic E-state index is 12.2. The summed E-state index contributed by atoms with van der Waals surface area (Å²) in [4.78, 5) is 28.2. The molecule has 154 valence electrons. The van der Waals surface area contributed by atoms with Crippen molar-refractivity contribution in [1.82, 2.24) is 20.4 Å². The summed E-state index contributed by atoms with van der Waals surface area (Å²) >= 11 is 23.0. The molecule has 0 radical (unpaired) electrons. The van der Waals surface area contributed by atoms with Crippen LogP contribution in [0.1, 0.15) is 13.8 Å². The van der Waals surface area contributed by atoms with Crippen molar-refractivity contribution in [3.05, 3.63) is 0 Å². The number of nitrogens with one attached hydrogen (secondary N) is 2. The highest BCUT2D eigenvalue weighted by atomic mass is 35.5.